The molecule has 6 nitrogen and oxygen atoms in total. The topological polar surface area (TPSA) is 72.8 Å². The third-order valence-corrected chi connectivity index (χ3v) is 4.35. The number of rotatable bonds is 5. The largest absolute Gasteiger partial charge is 0.479 e. The summed E-state index contributed by atoms with van der Waals surface area (Å²) in [5.74, 6) is 0.391. The lowest BCUT2D eigenvalue weighted by Gasteiger charge is -2.17. The zero-order chi connectivity index (χ0) is 21.4. The van der Waals surface area contributed by atoms with E-state index in [9.17, 15) is 18.0 Å². The van der Waals surface area contributed by atoms with Crippen LogP contribution in [0.25, 0.3) is 0 Å². The number of nitrogens with one attached hydrogen (secondary N) is 1. The highest BCUT2D eigenvalue weighted by molar-refractivity contribution is 6.31. The van der Waals surface area contributed by atoms with E-state index in [-0.39, 0.29) is 28.3 Å². The van der Waals surface area contributed by atoms with E-state index in [2.05, 4.69) is 15.3 Å². The number of halogens is 4. The van der Waals surface area contributed by atoms with Gasteiger partial charge in [0.1, 0.15) is 16.4 Å². The van der Waals surface area contributed by atoms with E-state index in [1.807, 2.05) is 0 Å². The smallest absolute Gasteiger partial charge is 0.417 e. The van der Waals surface area contributed by atoms with E-state index in [1.165, 1.54) is 0 Å². The van der Waals surface area contributed by atoms with Crippen molar-refractivity contribution in [3.8, 4) is 17.4 Å². The lowest BCUT2D eigenvalue weighted by Crippen LogP contribution is -2.39. The lowest BCUT2D eigenvalue weighted by atomic mass is 10.1. The van der Waals surface area contributed by atoms with Crippen LogP contribution in [0.15, 0.2) is 41.5 Å². The average molecular weight is 428 g/mol. The van der Waals surface area contributed by atoms with Crippen LogP contribution in [0.2, 0.25) is 5.02 Å². The summed E-state index contributed by atoms with van der Waals surface area (Å²) in [4.78, 5) is 19.9. The Bertz CT molecular complexity index is 977. The van der Waals surface area contributed by atoms with Crippen molar-refractivity contribution in [3.63, 3.8) is 0 Å². The van der Waals surface area contributed by atoms with Crippen molar-refractivity contribution in [1.82, 2.24) is 10.3 Å². The molecular weight excluding hydrogens is 411 g/mol. The molecule has 2 heterocycles. The molecule has 1 aromatic heterocycles. The fourth-order valence-electron chi connectivity index (χ4n) is 2.48. The number of benzene rings is 1. The van der Waals surface area contributed by atoms with Crippen molar-refractivity contribution in [2.45, 2.75) is 38.6 Å². The van der Waals surface area contributed by atoms with Gasteiger partial charge in [0.2, 0.25) is 5.88 Å². The van der Waals surface area contributed by atoms with Gasteiger partial charge in [-0.2, -0.15) is 13.2 Å². The number of carbonyl (C=O) groups excluding carboxylic acids is 1. The van der Waals surface area contributed by atoms with Crippen LogP contribution in [-0.4, -0.2) is 28.4 Å². The number of carbonyl (C=O) groups is 1. The minimum atomic E-state index is -4.56. The van der Waals surface area contributed by atoms with Crippen LogP contribution in [0, 0.1) is 0 Å². The molecule has 29 heavy (non-hydrogen) atoms. The summed E-state index contributed by atoms with van der Waals surface area (Å²) in [5, 5.41) is 2.37. The molecule has 1 N–H and O–H groups in total. The van der Waals surface area contributed by atoms with Crippen LogP contribution in [0.4, 0.5) is 13.2 Å². The Morgan fingerprint density at radius 2 is 1.86 bits per heavy atom. The van der Waals surface area contributed by atoms with E-state index in [4.69, 9.17) is 21.1 Å². The number of aliphatic imine (C=N–C) groups is 1. The van der Waals surface area contributed by atoms with Crippen LogP contribution in [0.3, 0.4) is 0 Å². The Labute approximate surface area is 169 Å². The molecule has 0 aliphatic carbocycles. The summed E-state index contributed by atoms with van der Waals surface area (Å²) in [6, 6.07) is 7.24. The summed E-state index contributed by atoms with van der Waals surface area (Å²) in [6.45, 7) is 5.05. The molecule has 2 aromatic rings. The van der Waals surface area contributed by atoms with Gasteiger partial charge >= 0.3 is 6.18 Å². The number of amides is 1. The van der Waals surface area contributed by atoms with Crippen LogP contribution >= 0.6 is 11.6 Å². The van der Waals surface area contributed by atoms with E-state index in [0.717, 1.165) is 6.07 Å². The average Bonchev–Trinajstić information content (AvgIpc) is 2.90. The van der Waals surface area contributed by atoms with E-state index < -0.39 is 23.4 Å². The van der Waals surface area contributed by atoms with Gasteiger partial charge in [0.15, 0.2) is 17.6 Å². The van der Waals surface area contributed by atoms with Crippen molar-refractivity contribution in [3.05, 3.63) is 47.1 Å². The molecule has 0 radical (unpaired) electrons. The number of nitrogens with zero attached hydrogens (tertiary/aromatic N) is 2. The molecular formula is C19H17ClF3N3O3. The first-order chi connectivity index (χ1) is 13.5. The number of hydrogen-bond acceptors (Lipinski definition) is 5. The summed E-state index contributed by atoms with van der Waals surface area (Å²) in [7, 11) is 0. The number of alkyl halides is 3. The van der Waals surface area contributed by atoms with E-state index >= 15 is 0 Å². The quantitative estimate of drug-likeness (QED) is 0.755. The third kappa shape index (κ3) is 4.61. The molecule has 10 heteroatoms. The molecule has 1 unspecified atom stereocenters. The Hall–Kier alpha value is -2.81. The van der Waals surface area contributed by atoms with Gasteiger partial charge in [-0.05, 0) is 39.0 Å². The minimum absolute atomic E-state index is 0.192. The number of ether oxygens (including phenoxy) is 2. The molecule has 1 aromatic carbocycles. The van der Waals surface area contributed by atoms with Gasteiger partial charge < -0.3 is 14.8 Å². The molecule has 3 rings (SSSR count). The predicted octanol–water partition coefficient (Wildman–Crippen LogP) is 4.62. The maximum atomic E-state index is 12.8. The maximum absolute atomic E-state index is 12.8. The van der Waals surface area contributed by atoms with Gasteiger partial charge in [0.05, 0.1) is 5.56 Å². The number of para-hydroxylation sites is 2. The predicted molar refractivity (Wildman–Crippen MR) is 101 cm³/mol. The first-order valence-electron chi connectivity index (χ1n) is 8.55. The monoisotopic (exact) mass is 427 g/mol. The summed E-state index contributed by atoms with van der Waals surface area (Å²) in [6.07, 6.45) is -4.54. The molecule has 0 saturated heterocycles. The van der Waals surface area contributed by atoms with Gasteiger partial charge in [-0.3, -0.25) is 9.79 Å². The van der Waals surface area contributed by atoms with Gasteiger partial charge in [0, 0.05) is 6.20 Å². The zero-order valence-corrected chi connectivity index (χ0v) is 16.4. The highest BCUT2D eigenvalue weighted by Gasteiger charge is 2.36. The molecule has 0 fully saturated rings. The van der Waals surface area contributed by atoms with Gasteiger partial charge in [0.25, 0.3) is 5.91 Å². The molecule has 1 amide bonds. The Morgan fingerprint density at radius 1 is 1.21 bits per heavy atom. The second-order valence-electron chi connectivity index (χ2n) is 6.83. The number of amidine groups is 1. The first-order valence-corrected chi connectivity index (χ1v) is 8.92. The van der Waals surface area contributed by atoms with Crippen LogP contribution < -0.4 is 14.8 Å². The fourth-order valence-corrected chi connectivity index (χ4v) is 2.68. The van der Waals surface area contributed by atoms with Crippen molar-refractivity contribution in [2.24, 2.45) is 4.99 Å². The summed E-state index contributed by atoms with van der Waals surface area (Å²) in [5.41, 5.74) is -1.87. The molecule has 0 bridgehead atoms. The van der Waals surface area contributed by atoms with Crippen molar-refractivity contribution in [1.29, 1.82) is 0 Å². The second-order valence-corrected chi connectivity index (χ2v) is 7.23. The fraction of sp³-hybridized carbons (Fsp3) is 0.316. The third-order valence-electron chi connectivity index (χ3n) is 4.08. The molecule has 1 aliphatic rings. The number of hydrogen-bond donors (Lipinski definition) is 1. The molecule has 154 valence electrons. The summed E-state index contributed by atoms with van der Waals surface area (Å²) >= 11 is 5.90. The Morgan fingerprint density at radius 3 is 2.41 bits per heavy atom. The van der Waals surface area contributed by atoms with Gasteiger partial charge in [-0.1, -0.05) is 23.7 Å². The molecule has 0 spiro atoms. The van der Waals surface area contributed by atoms with Gasteiger partial charge in [-0.15, -0.1) is 0 Å². The minimum Gasteiger partial charge on any atom is -0.479 e. The van der Waals surface area contributed by atoms with E-state index in [0.29, 0.717) is 12.0 Å². The first kappa shape index (κ1) is 20.9. The van der Waals surface area contributed by atoms with E-state index in [1.54, 1.807) is 45.0 Å². The molecule has 0 saturated carbocycles. The number of aromatic nitrogens is 1. The van der Waals surface area contributed by atoms with Gasteiger partial charge in [-0.25, -0.2) is 4.98 Å². The lowest BCUT2D eigenvalue weighted by molar-refractivity contribution is -0.137. The van der Waals surface area contributed by atoms with Crippen molar-refractivity contribution in [2.75, 3.05) is 0 Å². The molecule has 1 atom stereocenters. The Kier molecular flexibility index (Phi) is 5.44. The second kappa shape index (κ2) is 7.55. The SMILES string of the molecule is CC(Oc1ccccc1Oc1ncc(C(F)(F)F)cc1Cl)C1=NC(C)(C)C(=O)N1. The Balaban J connectivity index is 1.81. The van der Waals surface area contributed by atoms with Crippen LogP contribution in [0.1, 0.15) is 26.3 Å². The standard InChI is InChI=1S/C19H17ClF3N3O3/c1-10(15-25-17(27)18(2,3)26-15)28-13-6-4-5-7-14(13)29-16-12(20)8-11(9-24-16)19(21,22)23/h4-10H,1-3H3,(H,25,26,27). The van der Waals surface area contributed by atoms with Crippen molar-refractivity contribution >= 4 is 23.3 Å². The highest BCUT2D eigenvalue weighted by Crippen LogP contribution is 2.37. The summed E-state index contributed by atoms with van der Waals surface area (Å²) < 4.78 is 49.7. The molecule has 1 aliphatic heterocycles. The normalized spacial score (nSPS) is 16.8. The van der Waals surface area contributed by atoms with Crippen LogP contribution in [0.5, 0.6) is 17.4 Å². The van der Waals surface area contributed by atoms with Crippen molar-refractivity contribution < 1.29 is 27.4 Å². The zero-order valence-electron chi connectivity index (χ0n) is 15.7. The number of pyridine rings is 1. The highest BCUT2D eigenvalue weighted by atomic mass is 35.5. The maximum Gasteiger partial charge on any atom is 0.417 e. The van der Waals surface area contributed by atoms with Crippen LogP contribution in [-0.2, 0) is 11.0 Å².